The molecule has 0 atom stereocenters. The van der Waals surface area contributed by atoms with E-state index in [-0.39, 0.29) is 17.1 Å². The molecule has 4 rings (SSSR count). The lowest BCUT2D eigenvalue weighted by atomic mass is 9.69. The van der Waals surface area contributed by atoms with Crippen LogP contribution in [0.5, 0.6) is 0 Å². The fourth-order valence-corrected chi connectivity index (χ4v) is 4.64. The van der Waals surface area contributed by atoms with Gasteiger partial charge in [0, 0.05) is 54.4 Å². The minimum atomic E-state index is -0.374. The number of nitrogens with one attached hydrogen (secondary N) is 1. The Morgan fingerprint density at radius 2 is 1.93 bits per heavy atom. The zero-order valence-corrected chi connectivity index (χ0v) is 18.3. The molecule has 156 valence electrons. The number of hydrogen-bond acceptors (Lipinski definition) is 4. The third-order valence-corrected chi connectivity index (χ3v) is 6.46. The molecule has 0 saturated carbocycles. The van der Waals surface area contributed by atoms with E-state index in [1.54, 1.807) is 31.3 Å². The molecule has 1 aliphatic carbocycles. The lowest BCUT2D eigenvalue weighted by Gasteiger charge is -2.34. The van der Waals surface area contributed by atoms with Gasteiger partial charge >= 0.3 is 0 Å². The first-order chi connectivity index (χ1) is 14.3. The van der Waals surface area contributed by atoms with E-state index < -0.39 is 0 Å². The molecule has 1 saturated heterocycles. The summed E-state index contributed by atoms with van der Waals surface area (Å²) in [5, 5.41) is 4.18. The van der Waals surface area contributed by atoms with E-state index in [1.807, 2.05) is 17.2 Å². The van der Waals surface area contributed by atoms with Gasteiger partial charge in [-0.1, -0.05) is 25.4 Å². The summed E-state index contributed by atoms with van der Waals surface area (Å²) in [4.78, 5) is 30.6. The summed E-state index contributed by atoms with van der Waals surface area (Å²) < 4.78 is 0. The number of aromatic nitrogens is 1. The average Bonchev–Trinajstić information content (AvgIpc) is 2.71. The van der Waals surface area contributed by atoms with Crippen LogP contribution in [0.15, 0.2) is 42.7 Å². The molecule has 0 bridgehead atoms. The van der Waals surface area contributed by atoms with Crippen molar-refractivity contribution in [1.29, 1.82) is 0 Å². The Morgan fingerprint density at radius 3 is 2.63 bits per heavy atom. The number of likely N-dealkylation sites (tertiary alicyclic amines) is 1. The number of carbonyl (C=O) groups is 2. The standard InChI is InChI=1S/C24H26ClN3O2/c1-15(29)28-8-6-18(7-9-28)27-19-10-16(13-26-14-19)21-12-23(30)20-5-4-17(25)11-22(20)24(21,2)3/h4-5,10-14,18,27H,6-9H2,1-3H3. The third kappa shape index (κ3) is 3.86. The second-order valence-electron chi connectivity index (χ2n) is 8.62. The number of benzene rings is 1. The van der Waals surface area contributed by atoms with Crippen LogP contribution in [-0.4, -0.2) is 40.7 Å². The summed E-state index contributed by atoms with van der Waals surface area (Å²) in [6.45, 7) is 7.37. The van der Waals surface area contributed by atoms with Gasteiger partial charge in [-0.25, -0.2) is 0 Å². The maximum absolute atomic E-state index is 12.8. The van der Waals surface area contributed by atoms with Gasteiger partial charge in [0.15, 0.2) is 5.78 Å². The number of piperidine rings is 1. The molecule has 1 aromatic carbocycles. The van der Waals surface area contributed by atoms with E-state index in [9.17, 15) is 9.59 Å². The number of nitrogens with zero attached hydrogens (tertiary/aromatic N) is 2. The van der Waals surface area contributed by atoms with Crippen LogP contribution in [0.3, 0.4) is 0 Å². The van der Waals surface area contributed by atoms with E-state index in [0.29, 0.717) is 16.6 Å². The molecule has 6 heteroatoms. The first kappa shape index (κ1) is 20.6. The van der Waals surface area contributed by atoms with Gasteiger partial charge in [-0.3, -0.25) is 14.6 Å². The van der Waals surface area contributed by atoms with Gasteiger partial charge in [-0.2, -0.15) is 0 Å². The van der Waals surface area contributed by atoms with Gasteiger partial charge in [0.2, 0.25) is 5.91 Å². The Labute approximate surface area is 182 Å². The fourth-order valence-electron chi connectivity index (χ4n) is 4.47. The lowest BCUT2D eigenvalue weighted by Crippen LogP contribution is -2.41. The Kier molecular flexibility index (Phi) is 5.41. The number of rotatable bonds is 3. The molecule has 2 heterocycles. The molecule has 0 unspecified atom stereocenters. The minimum Gasteiger partial charge on any atom is -0.381 e. The first-order valence-corrected chi connectivity index (χ1v) is 10.7. The topological polar surface area (TPSA) is 62.3 Å². The van der Waals surface area contributed by atoms with E-state index in [4.69, 9.17) is 11.6 Å². The number of allylic oxidation sites excluding steroid dienone is 2. The van der Waals surface area contributed by atoms with Crippen molar-refractivity contribution in [2.45, 2.75) is 45.1 Å². The monoisotopic (exact) mass is 423 g/mol. The number of hydrogen-bond donors (Lipinski definition) is 1. The molecule has 5 nitrogen and oxygen atoms in total. The van der Waals surface area contributed by atoms with Gasteiger partial charge in [0.25, 0.3) is 0 Å². The molecule has 1 amide bonds. The Balaban J connectivity index is 1.58. The summed E-state index contributed by atoms with van der Waals surface area (Å²) >= 11 is 6.23. The van der Waals surface area contributed by atoms with Gasteiger partial charge in [0.05, 0.1) is 5.69 Å². The van der Waals surface area contributed by atoms with Gasteiger partial charge in [0.1, 0.15) is 0 Å². The Bertz CT molecular complexity index is 1040. The summed E-state index contributed by atoms with van der Waals surface area (Å²) in [5.74, 6) is 0.125. The lowest BCUT2D eigenvalue weighted by molar-refractivity contribution is -0.129. The highest BCUT2D eigenvalue weighted by Gasteiger charge is 2.35. The van der Waals surface area contributed by atoms with Crippen molar-refractivity contribution in [3.05, 3.63) is 64.4 Å². The molecule has 30 heavy (non-hydrogen) atoms. The summed E-state index contributed by atoms with van der Waals surface area (Å²) in [6, 6.07) is 7.81. The highest BCUT2D eigenvalue weighted by Crippen LogP contribution is 2.44. The highest BCUT2D eigenvalue weighted by molar-refractivity contribution is 6.31. The van der Waals surface area contributed by atoms with Crippen LogP contribution in [0.25, 0.3) is 5.57 Å². The van der Waals surface area contributed by atoms with Gasteiger partial charge in [-0.15, -0.1) is 0 Å². The number of amides is 1. The van der Waals surface area contributed by atoms with Crippen molar-refractivity contribution in [3.8, 4) is 0 Å². The maximum atomic E-state index is 12.8. The van der Waals surface area contributed by atoms with Crippen molar-refractivity contribution < 1.29 is 9.59 Å². The van der Waals surface area contributed by atoms with Crippen molar-refractivity contribution in [1.82, 2.24) is 9.88 Å². The molecular formula is C24H26ClN3O2. The molecule has 1 fully saturated rings. The SMILES string of the molecule is CC(=O)N1CCC(Nc2cncc(C3=CC(=O)c4ccc(Cl)cc4C3(C)C)c2)CC1. The number of halogens is 1. The molecule has 0 radical (unpaired) electrons. The predicted molar refractivity (Wildman–Crippen MR) is 120 cm³/mol. The third-order valence-electron chi connectivity index (χ3n) is 6.23. The number of carbonyl (C=O) groups excluding carboxylic acids is 2. The fraction of sp³-hybridized carbons (Fsp3) is 0.375. The molecular weight excluding hydrogens is 398 g/mol. The van der Waals surface area contributed by atoms with Crippen LogP contribution in [0.1, 0.15) is 55.1 Å². The Morgan fingerprint density at radius 1 is 1.20 bits per heavy atom. The maximum Gasteiger partial charge on any atom is 0.219 e. The smallest absolute Gasteiger partial charge is 0.219 e. The molecule has 1 aromatic heterocycles. The van der Waals surface area contributed by atoms with E-state index in [0.717, 1.165) is 48.3 Å². The van der Waals surface area contributed by atoms with Crippen LogP contribution in [-0.2, 0) is 10.2 Å². The zero-order chi connectivity index (χ0) is 21.5. The average molecular weight is 424 g/mol. The van der Waals surface area contributed by atoms with E-state index >= 15 is 0 Å². The van der Waals surface area contributed by atoms with E-state index in [2.05, 4.69) is 30.2 Å². The van der Waals surface area contributed by atoms with Crippen LogP contribution in [0, 0.1) is 0 Å². The highest BCUT2D eigenvalue weighted by atomic mass is 35.5. The van der Waals surface area contributed by atoms with Crippen molar-refractivity contribution in [2.24, 2.45) is 0 Å². The van der Waals surface area contributed by atoms with Crippen LogP contribution >= 0.6 is 11.6 Å². The van der Waals surface area contributed by atoms with Gasteiger partial charge in [-0.05, 0) is 59.9 Å². The first-order valence-electron chi connectivity index (χ1n) is 10.3. The van der Waals surface area contributed by atoms with Crippen molar-refractivity contribution in [3.63, 3.8) is 0 Å². The molecule has 0 spiro atoms. The summed E-state index contributed by atoms with van der Waals surface area (Å²) in [7, 11) is 0. The number of anilines is 1. The second-order valence-corrected chi connectivity index (χ2v) is 9.06. The van der Waals surface area contributed by atoms with Crippen molar-refractivity contribution >= 4 is 34.6 Å². The second kappa shape index (κ2) is 7.88. The van der Waals surface area contributed by atoms with Crippen LogP contribution < -0.4 is 5.32 Å². The number of pyridine rings is 1. The molecule has 1 N–H and O–H groups in total. The quantitative estimate of drug-likeness (QED) is 0.776. The van der Waals surface area contributed by atoms with Crippen LogP contribution in [0.2, 0.25) is 5.02 Å². The van der Waals surface area contributed by atoms with Crippen LogP contribution in [0.4, 0.5) is 5.69 Å². The van der Waals surface area contributed by atoms with Crippen molar-refractivity contribution in [2.75, 3.05) is 18.4 Å². The summed E-state index contributed by atoms with van der Waals surface area (Å²) in [5.41, 5.74) is 4.05. The molecule has 2 aromatic rings. The number of fused-ring (bicyclic) bond motifs is 1. The zero-order valence-electron chi connectivity index (χ0n) is 17.5. The molecule has 2 aliphatic rings. The summed E-state index contributed by atoms with van der Waals surface area (Å²) in [6.07, 6.45) is 7.15. The van der Waals surface area contributed by atoms with Gasteiger partial charge < -0.3 is 10.2 Å². The normalized spacial score (nSPS) is 18.6. The Hall–Kier alpha value is -2.66. The van der Waals surface area contributed by atoms with E-state index in [1.165, 1.54) is 0 Å². The number of ketones is 1. The minimum absolute atomic E-state index is 0.00837. The molecule has 1 aliphatic heterocycles. The largest absolute Gasteiger partial charge is 0.381 e. The predicted octanol–water partition coefficient (Wildman–Crippen LogP) is 4.72.